The van der Waals surface area contributed by atoms with Crippen molar-refractivity contribution in [2.24, 2.45) is 0 Å². The molecule has 5 heterocycles. The minimum atomic E-state index is -0.143. The van der Waals surface area contributed by atoms with E-state index in [0.717, 1.165) is 64.4 Å². The van der Waals surface area contributed by atoms with Crippen LogP contribution in [0.2, 0.25) is 0 Å². The molecule has 0 fully saturated rings. The summed E-state index contributed by atoms with van der Waals surface area (Å²) in [4.78, 5) is 38.2. The molecule has 0 unspecified atom stereocenters. The van der Waals surface area contributed by atoms with Crippen molar-refractivity contribution in [2.75, 3.05) is 31.5 Å². The molecular formula is C29H27N5O2. The van der Waals surface area contributed by atoms with Crippen LogP contribution in [0, 0.1) is 6.92 Å². The zero-order chi connectivity index (χ0) is 24.6. The van der Waals surface area contributed by atoms with Gasteiger partial charge in [0.2, 0.25) is 0 Å². The number of nitrogens with zero attached hydrogens (tertiary/aromatic N) is 3. The molecule has 0 radical (unpaired) electrons. The van der Waals surface area contributed by atoms with E-state index in [1.165, 1.54) is 0 Å². The summed E-state index contributed by atoms with van der Waals surface area (Å²) in [5.74, 6) is -0.0880. The lowest BCUT2D eigenvalue weighted by Gasteiger charge is -2.30. The average Bonchev–Trinajstić information content (AvgIpc) is 3.41. The minimum absolute atomic E-state index is 0.0555. The lowest BCUT2D eigenvalue weighted by molar-refractivity contribution is -0.110. The van der Waals surface area contributed by atoms with E-state index in [4.69, 9.17) is 0 Å². The number of hydrogen-bond donors (Lipinski definition) is 2. The second-order valence-corrected chi connectivity index (χ2v) is 9.30. The van der Waals surface area contributed by atoms with Crippen molar-refractivity contribution in [3.8, 4) is 11.1 Å². The molecule has 0 saturated heterocycles. The minimum Gasteiger partial charge on any atom is -0.372 e. The number of pyridine rings is 1. The number of carbonyl (C=O) groups is 2. The number of aromatic amines is 1. The van der Waals surface area contributed by atoms with Crippen LogP contribution in [0.3, 0.4) is 0 Å². The topological polar surface area (TPSA) is 81.3 Å². The first-order valence-corrected chi connectivity index (χ1v) is 12.2. The molecule has 0 atom stereocenters. The monoisotopic (exact) mass is 477 g/mol. The third-order valence-electron chi connectivity index (χ3n) is 7.15. The first kappa shape index (κ1) is 22.1. The maximum atomic E-state index is 13.4. The summed E-state index contributed by atoms with van der Waals surface area (Å²) in [7, 11) is 0. The highest BCUT2D eigenvalue weighted by atomic mass is 16.2. The van der Waals surface area contributed by atoms with E-state index in [2.05, 4.69) is 32.5 Å². The smallest absolute Gasteiger partial charge is 0.256 e. The van der Waals surface area contributed by atoms with Gasteiger partial charge in [0.15, 0.2) is 0 Å². The predicted octanol–water partition coefficient (Wildman–Crippen LogP) is 4.26. The van der Waals surface area contributed by atoms with Crippen LogP contribution in [0.25, 0.3) is 22.8 Å². The Morgan fingerprint density at radius 3 is 2.72 bits per heavy atom. The molecule has 7 nitrogen and oxygen atoms in total. The third kappa shape index (κ3) is 3.82. The van der Waals surface area contributed by atoms with Crippen LogP contribution in [-0.2, 0) is 11.2 Å². The fourth-order valence-corrected chi connectivity index (χ4v) is 5.25. The van der Waals surface area contributed by atoms with E-state index < -0.39 is 0 Å². The van der Waals surface area contributed by atoms with Crippen LogP contribution in [0.5, 0.6) is 0 Å². The molecule has 0 bridgehead atoms. The van der Waals surface area contributed by atoms with Crippen molar-refractivity contribution in [1.29, 1.82) is 0 Å². The summed E-state index contributed by atoms with van der Waals surface area (Å²) < 4.78 is 0. The number of allylic oxidation sites excluding steroid dienone is 2. The van der Waals surface area contributed by atoms with Crippen molar-refractivity contribution in [1.82, 2.24) is 19.8 Å². The van der Waals surface area contributed by atoms with Crippen LogP contribution in [0.15, 0.2) is 67.2 Å². The highest BCUT2D eigenvalue weighted by molar-refractivity contribution is 6.36. The zero-order valence-corrected chi connectivity index (χ0v) is 20.1. The third-order valence-corrected chi connectivity index (χ3v) is 7.15. The molecular weight excluding hydrogens is 450 g/mol. The fraction of sp³-hybridized carbons (Fsp3) is 0.207. The first-order chi connectivity index (χ1) is 17.6. The van der Waals surface area contributed by atoms with E-state index in [9.17, 15) is 9.59 Å². The number of carbonyl (C=O) groups excluding carboxylic acids is 2. The van der Waals surface area contributed by atoms with E-state index in [1.807, 2.05) is 60.4 Å². The molecule has 36 heavy (non-hydrogen) atoms. The summed E-state index contributed by atoms with van der Waals surface area (Å²) in [5, 5.41) is 3.00. The Morgan fingerprint density at radius 1 is 1.06 bits per heavy atom. The molecule has 1 aromatic carbocycles. The van der Waals surface area contributed by atoms with Gasteiger partial charge in [-0.05, 0) is 60.2 Å². The Hall–Kier alpha value is -4.39. The van der Waals surface area contributed by atoms with Gasteiger partial charge in [0.05, 0.1) is 11.1 Å². The maximum absolute atomic E-state index is 13.4. The average molecular weight is 478 g/mol. The summed E-state index contributed by atoms with van der Waals surface area (Å²) in [6, 6.07) is 9.76. The van der Waals surface area contributed by atoms with Crippen LogP contribution in [0.1, 0.15) is 32.9 Å². The van der Waals surface area contributed by atoms with Gasteiger partial charge >= 0.3 is 0 Å². The Morgan fingerprint density at radius 2 is 1.92 bits per heavy atom. The van der Waals surface area contributed by atoms with Crippen LogP contribution in [0.4, 0.5) is 5.69 Å². The van der Waals surface area contributed by atoms with Crippen molar-refractivity contribution in [3.63, 3.8) is 0 Å². The lowest BCUT2D eigenvalue weighted by Crippen LogP contribution is -2.41. The normalized spacial score (nSPS) is 17.5. The second-order valence-electron chi connectivity index (χ2n) is 9.30. The lowest BCUT2D eigenvalue weighted by atomic mass is 9.94. The molecule has 0 aliphatic carbocycles. The first-order valence-electron chi connectivity index (χ1n) is 12.2. The summed E-state index contributed by atoms with van der Waals surface area (Å²) >= 11 is 0. The van der Waals surface area contributed by atoms with Crippen LogP contribution in [-0.4, -0.2) is 57.8 Å². The van der Waals surface area contributed by atoms with Gasteiger partial charge in [0.1, 0.15) is 0 Å². The number of H-pyrrole nitrogens is 1. The maximum Gasteiger partial charge on any atom is 0.256 e. The molecule has 3 aliphatic heterocycles. The number of benzene rings is 1. The molecule has 0 spiro atoms. The quantitative estimate of drug-likeness (QED) is 0.538. The van der Waals surface area contributed by atoms with Crippen molar-refractivity contribution < 1.29 is 9.59 Å². The highest BCUT2D eigenvalue weighted by Gasteiger charge is 2.31. The van der Waals surface area contributed by atoms with Gasteiger partial charge in [-0.25, -0.2) is 0 Å². The largest absolute Gasteiger partial charge is 0.372 e. The molecule has 6 rings (SSSR count). The number of anilines is 1. The number of aromatic nitrogens is 2. The molecule has 2 amide bonds. The SMILES string of the molecule is Cc1c(C=C2C(=O)Nc3cccc(-c4ccncc4)c32)[nH]c2c1C(=O)N(CCN1C=CC=CC1)CC2. The number of rotatable bonds is 5. The van der Waals surface area contributed by atoms with Crippen molar-refractivity contribution in [2.45, 2.75) is 13.3 Å². The molecule has 0 saturated carbocycles. The predicted molar refractivity (Wildman–Crippen MR) is 141 cm³/mol. The van der Waals surface area contributed by atoms with Gasteiger partial charge in [-0.3, -0.25) is 14.6 Å². The van der Waals surface area contributed by atoms with E-state index in [0.29, 0.717) is 18.7 Å². The van der Waals surface area contributed by atoms with Gasteiger partial charge in [-0.1, -0.05) is 24.3 Å². The van der Waals surface area contributed by atoms with Gasteiger partial charge in [-0.2, -0.15) is 0 Å². The van der Waals surface area contributed by atoms with Crippen LogP contribution < -0.4 is 5.32 Å². The highest BCUT2D eigenvalue weighted by Crippen LogP contribution is 2.40. The van der Waals surface area contributed by atoms with Gasteiger partial charge in [0.25, 0.3) is 11.8 Å². The molecule has 180 valence electrons. The van der Waals surface area contributed by atoms with Gasteiger partial charge in [-0.15, -0.1) is 0 Å². The number of fused-ring (bicyclic) bond motifs is 2. The number of nitrogens with one attached hydrogen (secondary N) is 2. The molecule has 2 N–H and O–H groups in total. The molecule has 7 heteroatoms. The second kappa shape index (κ2) is 9.00. The molecule has 3 aliphatic rings. The Kier molecular flexibility index (Phi) is 5.52. The van der Waals surface area contributed by atoms with Gasteiger partial charge < -0.3 is 20.1 Å². The number of amides is 2. The summed E-state index contributed by atoms with van der Waals surface area (Å²) in [6.45, 7) is 5.00. The zero-order valence-electron chi connectivity index (χ0n) is 20.1. The fourth-order valence-electron chi connectivity index (χ4n) is 5.25. The summed E-state index contributed by atoms with van der Waals surface area (Å²) in [5.41, 5.74) is 7.60. The Labute approximate surface area is 209 Å². The van der Waals surface area contributed by atoms with Gasteiger partial charge in [0, 0.05) is 67.6 Å². The van der Waals surface area contributed by atoms with Crippen molar-refractivity contribution in [3.05, 3.63) is 95.2 Å². The van der Waals surface area contributed by atoms with Crippen LogP contribution >= 0.6 is 0 Å². The number of hydrogen-bond acceptors (Lipinski definition) is 4. The standard InChI is InChI=1S/C29H27N5O2/c1-19-25(31-24-10-15-34(29(36)26(19)24)17-16-33-13-3-2-4-14-33)18-22-27-21(20-8-11-30-12-9-20)6-5-7-23(27)32-28(22)35/h2-9,11-13,18,31H,10,14-17H2,1H3,(H,32,35). The molecule has 2 aromatic heterocycles. The van der Waals surface area contributed by atoms with E-state index in [1.54, 1.807) is 12.4 Å². The van der Waals surface area contributed by atoms with E-state index >= 15 is 0 Å². The molecule has 3 aromatic rings. The van der Waals surface area contributed by atoms with Crippen molar-refractivity contribution >= 4 is 29.2 Å². The Bertz CT molecular complexity index is 1450. The summed E-state index contributed by atoms with van der Waals surface area (Å²) in [6.07, 6.45) is 14.4. The van der Waals surface area contributed by atoms with E-state index in [-0.39, 0.29) is 11.8 Å². The Balaban J connectivity index is 1.32.